The fourth-order valence-electron chi connectivity index (χ4n) is 16.0. The van der Waals surface area contributed by atoms with Crippen molar-refractivity contribution in [3.8, 4) is 0 Å². The van der Waals surface area contributed by atoms with Gasteiger partial charge in [0.05, 0.1) is 55.4 Å². The second-order valence-electron chi connectivity index (χ2n) is 26.5. The molecule has 6 aliphatic heterocycles. The Morgan fingerprint density at radius 2 is 1.18 bits per heavy atom. The number of rotatable bonds is 16. The maximum atomic E-state index is 12.4. The van der Waals surface area contributed by atoms with Crippen molar-refractivity contribution >= 4 is 10.4 Å². The molecule has 84 heavy (non-hydrogen) atoms. The summed E-state index contributed by atoms with van der Waals surface area (Å²) in [6.45, 7) is 13.1. The number of aliphatic hydroxyl groups excluding tert-OH is 12. The van der Waals surface area contributed by atoms with Crippen molar-refractivity contribution in [2.45, 2.75) is 278 Å². The van der Waals surface area contributed by atoms with Crippen molar-refractivity contribution in [3.63, 3.8) is 0 Å². The summed E-state index contributed by atoms with van der Waals surface area (Å²) in [5.74, 6) is -0.400. The fourth-order valence-corrected chi connectivity index (χ4v) is 16.5. The molecule has 29 heteroatoms. The van der Waals surface area contributed by atoms with Gasteiger partial charge in [-0.05, 0) is 113 Å². The van der Waals surface area contributed by atoms with Crippen LogP contribution in [0.25, 0.3) is 0 Å². The van der Waals surface area contributed by atoms with E-state index in [-0.39, 0.29) is 54.1 Å². The Morgan fingerprint density at radius 3 is 1.75 bits per heavy atom. The Bertz CT molecular complexity index is 2410. The molecule has 35 atom stereocenters. The Balaban J connectivity index is 0.914. The van der Waals surface area contributed by atoms with Crippen LogP contribution in [0.15, 0.2) is 11.6 Å². The Hall–Kier alpha value is -1.35. The maximum Gasteiger partial charge on any atom is 0.397 e. The Morgan fingerprint density at radius 1 is 0.619 bits per heavy atom. The van der Waals surface area contributed by atoms with E-state index < -0.39 is 200 Å². The Kier molecular flexibility index (Phi) is 19.3. The van der Waals surface area contributed by atoms with Gasteiger partial charge in [0.25, 0.3) is 0 Å². The predicted octanol–water partition coefficient (Wildman–Crippen LogP) is -3.26. The number of allylic oxidation sites excluding steroid dienone is 2. The van der Waals surface area contributed by atoms with Crippen LogP contribution < -0.4 is 0 Å². The zero-order chi connectivity index (χ0) is 61.2. The van der Waals surface area contributed by atoms with E-state index in [9.17, 15) is 79.4 Å². The Labute approximate surface area is 487 Å². The zero-order valence-corrected chi connectivity index (χ0v) is 49.2. The van der Waals surface area contributed by atoms with Gasteiger partial charge in [-0.1, -0.05) is 39.3 Å². The van der Waals surface area contributed by atoms with Crippen LogP contribution in [0.3, 0.4) is 0 Å². The summed E-state index contributed by atoms with van der Waals surface area (Å²) in [7, 11) is -4.87. The van der Waals surface area contributed by atoms with Gasteiger partial charge >= 0.3 is 10.4 Å². The number of epoxide rings is 1. The SMILES string of the molecule is CC1OC(OC2C(OC3C(O)C(C)OC(O[C@H]4CC5C(=CC[C@@]6(C)C5CC[C@@H]6[C@@](C)(O)C5O[C@H]5C(C)C)[C@@]5(C)CC[C@H](OS(=O)(=O)O)CC45)C3O)OCC(OC3OC(CO)C(O)C(O)C3OC3OC(C)C(O)C(O)C3O)C2O)C(O)C(O)C1O. The molecule has 0 aromatic carbocycles. The highest BCUT2D eigenvalue weighted by Gasteiger charge is 2.67. The molecular formula is C55H90O28S. The van der Waals surface area contributed by atoms with Crippen LogP contribution in [-0.4, -0.2) is 270 Å². The van der Waals surface area contributed by atoms with Crippen LogP contribution in [0.2, 0.25) is 0 Å². The van der Waals surface area contributed by atoms with Gasteiger partial charge in [0.15, 0.2) is 31.5 Å². The lowest BCUT2D eigenvalue weighted by Crippen LogP contribution is -2.67. The van der Waals surface area contributed by atoms with Crippen LogP contribution in [0.5, 0.6) is 0 Å². The number of hydrogen-bond donors (Lipinski definition) is 14. The van der Waals surface area contributed by atoms with Gasteiger partial charge in [-0.3, -0.25) is 4.55 Å². The van der Waals surface area contributed by atoms with Gasteiger partial charge in [-0.2, -0.15) is 8.42 Å². The van der Waals surface area contributed by atoms with Crippen molar-refractivity contribution in [1.29, 1.82) is 0 Å². The minimum Gasteiger partial charge on any atom is -0.394 e. The van der Waals surface area contributed by atoms with Crippen molar-refractivity contribution in [2.24, 2.45) is 40.4 Å². The van der Waals surface area contributed by atoms with Gasteiger partial charge in [0.1, 0.15) is 104 Å². The van der Waals surface area contributed by atoms with Crippen LogP contribution >= 0.6 is 0 Å². The van der Waals surface area contributed by atoms with Crippen LogP contribution in [0, 0.1) is 40.4 Å². The molecule has 6 heterocycles. The number of fused-ring (bicyclic) bond motifs is 5. The van der Waals surface area contributed by atoms with Gasteiger partial charge in [-0.25, -0.2) is 4.18 Å². The summed E-state index contributed by atoms with van der Waals surface area (Å²) in [6.07, 6.45) is -37.1. The molecule has 0 aromatic heterocycles. The second-order valence-corrected chi connectivity index (χ2v) is 27.5. The highest BCUT2D eigenvalue weighted by atomic mass is 32.3. The van der Waals surface area contributed by atoms with Crippen molar-refractivity contribution < 1.29 is 136 Å². The quantitative estimate of drug-likeness (QED) is 0.0410. The minimum absolute atomic E-state index is 0.0611. The van der Waals surface area contributed by atoms with Crippen molar-refractivity contribution in [1.82, 2.24) is 0 Å². The van der Waals surface area contributed by atoms with Gasteiger partial charge in [-0.15, -0.1) is 0 Å². The summed E-state index contributed by atoms with van der Waals surface area (Å²) in [5.41, 5.74) is -0.903. The topological polar surface area (TPSA) is 431 Å². The summed E-state index contributed by atoms with van der Waals surface area (Å²) in [5, 5.41) is 145. The molecule has 10 aliphatic rings. The van der Waals surface area contributed by atoms with E-state index in [1.807, 2.05) is 6.92 Å². The molecule has 28 nitrogen and oxygen atoms in total. The first kappa shape index (κ1) is 65.6. The molecule has 6 saturated heterocycles. The van der Waals surface area contributed by atoms with Crippen LogP contribution in [0.1, 0.15) is 100 Å². The molecule has 0 amide bonds. The molecule has 3 saturated carbocycles. The number of hydrogen-bond acceptors (Lipinski definition) is 27. The highest BCUT2D eigenvalue weighted by Crippen LogP contribution is 2.68. The average Bonchev–Trinajstić information content (AvgIpc) is 1.43. The first-order chi connectivity index (χ1) is 39.3. The van der Waals surface area contributed by atoms with E-state index in [1.165, 1.54) is 26.3 Å². The van der Waals surface area contributed by atoms with E-state index in [0.29, 0.717) is 19.3 Å². The molecule has 10 rings (SSSR count). The first-order valence-electron chi connectivity index (χ1n) is 29.7. The summed E-state index contributed by atoms with van der Waals surface area (Å²) in [4.78, 5) is 0. The highest BCUT2D eigenvalue weighted by molar-refractivity contribution is 7.80. The first-order valence-corrected chi connectivity index (χ1v) is 31.0. The molecule has 0 bridgehead atoms. The molecule has 0 aromatic rings. The van der Waals surface area contributed by atoms with Crippen molar-refractivity contribution in [3.05, 3.63) is 11.6 Å². The van der Waals surface area contributed by atoms with Gasteiger partial charge < -0.3 is 118 Å². The average molecular weight is 1230 g/mol. The van der Waals surface area contributed by atoms with Gasteiger partial charge in [0.2, 0.25) is 0 Å². The molecule has 0 radical (unpaired) electrons. The molecule has 28 unspecified atom stereocenters. The number of ether oxygens (including phenoxy) is 11. The monoisotopic (exact) mass is 1230 g/mol. The third-order valence-corrected chi connectivity index (χ3v) is 21.3. The molecule has 484 valence electrons. The normalized spacial score (nSPS) is 54.2. The molecular weight excluding hydrogens is 1140 g/mol. The third-order valence-electron chi connectivity index (χ3n) is 20.8. The maximum absolute atomic E-state index is 12.4. The molecule has 14 N–H and O–H groups in total. The van der Waals surface area contributed by atoms with Crippen molar-refractivity contribution in [2.75, 3.05) is 13.2 Å². The lowest BCUT2D eigenvalue weighted by molar-refractivity contribution is -0.398. The van der Waals surface area contributed by atoms with E-state index in [1.54, 1.807) is 0 Å². The van der Waals surface area contributed by atoms with Gasteiger partial charge in [0, 0.05) is 0 Å². The number of aliphatic hydroxyl groups is 13. The van der Waals surface area contributed by atoms with E-state index in [0.717, 1.165) is 12.8 Å². The van der Waals surface area contributed by atoms with E-state index in [2.05, 4.69) is 33.8 Å². The fraction of sp³-hybridized carbons (Fsp3) is 0.964. The van der Waals surface area contributed by atoms with Crippen LogP contribution in [0.4, 0.5) is 0 Å². The lowest BCUT2D eigenvalue weighted by Gasteiger charge is -2.60. The standard InChI is InChI=1S/C55H90O28S/c1-19(2)43-47(79-43)55(8,68)31-10-9-25-24-16-28(27-15-23(83-84(69,70)71)11-13-53(27,6)26(24)12-14-54(25,31)7)76-50-42(67)44(34(59)22(5)75-50)80-51-45(81-48-40(65)37(62)32(57)20(3)73-48)36(61)30(18-72-51)78-52-46(39(64)35(60)29(17-56)77-52)82-49-41(66)38(63)33(58)21(4)74-49/h12,19-25,27-52,56-68H,9-11,13-18H2,1-8H3,(H,69,70,71)/t20?,21?,22?,23-,24?,25?,27?,28-,29?,30?,31-,32?,33?,34?,35?,36?,37?,38?,39?,40?,41?,42?,43-,44?,45?,46?,47?,48?,49?,50?,51?,52?,53+,54-,55+/m0/s1. The summed E-state index contributed by atoms with van der Waals surface area (Å²) < 4.78 is 107. The lowest BCUT2D eigenvalue weighted by atomic mass is 9.47. The molecule has 0 spiro atoms. The minimum atomic E-state index is -4.87. The van der Waals surface area contributed by atoms with Crippen LogP contribution in [-0.2, 0) is 66.7 Å². The second kappa shape index (κ2) is 24.7. The molecule has 4 aliphatic carbocycles. The summed E-state index contributed by atoms with van der Waals surface area (Å²) >= 11 is 0. The summed E-state index contributed by atoms with van der Waals surface area (Å²) in [6, 6.07) is 0. The largest absolute Gasteiger partial charge is 0.397 e. The smallest absolute Gasteiger partial charge is 0.394 e. The van der Waals surface area contributed by atoms with E-state index >= 15 is 0 Å². The van der Waals surface area contributed by atoms with E-state index in [4.69, 9.17) is 56.3 Å². The zero-order valence-electron chi connectivity index (χ0n) is 48.4. The molecule has 9 fully saturated rings. The predicted molar refractivity (Wildman–Crippen MR) is 280 cm³/mol. The third kappa shape index (κ3) is 12.1.